The zero-order valence-electron chi connectivity index (χ0n) is 12.9. The van der Waals surface area contributed by atoms with Crippen molar-refractivity contribution in [3.63, 3.8) is 0 Å². The van der Waals surface area contributed by atoms with E-state index in [1.807, 2.05) is 0 Å². The largest absolute Gasteiger partial charge is 0.481 e. The topological polar surface area (TPSA) is 82.8 Å². The third-order valence-corrected chi connectivity index (χ3v) is 4.07. The molecule has 3 rings (SSSR count). The number of benzene rings is 1. The van der Waals surface area contributed by atoms with Gasteiger partial charge < -0.3 is 19.7 Å². The van der Waals surface area contributed by atoms with Crippen LogP contribution in [0.2, 0.25) is 0 Å². The zero-order chi connectivity index (χ0) is 17.1. The lowest BCUT2D eigenvalue weighted by Crippen LogP contribution is -2.44. The number of rotatable bonds is 3. The number of urea groups is 1. The first-order valence-electron chi connectivity index (χ1n) is 7.67. The summed E-state index contributed by atoms with van der Waals surface area (Å²) in [5, 5.41) is 11.6. The number of carbonyl (C=O) groups is 2. The Labute approximate surface area is 137 Å². The highest BCUT2D eigenvalue weighted by molar-refractivity contribution is 5.90. The lowest BCUT2D eigenvalue weighted by atomic mass is 9.99. The van der Waals surface area contributed by atoms with Gasteiger partial charge in [-0.25, -0.2) is 9.18 Å². The molecule has 1 aliphatic rings. The molecule has 24 heavy (non-hydrogen) atoms. The Bertz CT molecular complexity index is 745. The molecule has 2 amide bonds. The average molecular weight is 332 g/mol. The Hall–Kier alpha value is -2.83. The summed E-state index contributed by atoms with van der Waals surface area (Å²) >= 11 is 0. The van der Waals surface area contributed by atoms with Gasteiger partial charge in [-0.2, -0.15) is 0 Å². The van der Waals surface area contributed by atoms with E-state index >= 15 is 0 Å². The van der Waals surface area contributed by atoms with Gasteiger partial charge in [0.25, 0.3) is 0 Å². The summed E-state index contributed by atoms with van der Waals surface area (Å²) in [6, 6.07) is 7.32. The number of aliphatic carboxylic acids is 1. The molecule has 1 atom stereocenters. The van der Waals surface area contributed by atoms with Crippen molar-refractivity contribution in [2.45, 2.75) is 12.8 Å². The van der Waals surface area contributed by atoms with Crippen LogP contribution in [0.4, 0.5) is 14.9 Å². The average Bonchev–Trinajstić information content (AvgIpc) is 3.11. The van der Waals surface area contributed by atoms with Crippen LogP contribution >= 0.6 is 0 Å². The minimum atomic E-state index is -0.915. The molecule has 2 N–H and O–H groups in total. The van der Waals surface area contributed by atoms with Gasteiger partial charge in [-0.1, -0.05) is 0 Å². The second kappa shape index (κ2) is 6.74. The summed E-state index contributed by atoms with van der Waals surface area (Å²) in [5.41, 5.74) is 0.618. The molecule has 1 saturated heterocycles. The first kappa shape index (κ1) is 16.0. The number of amides is 2. The highest BCUT2D eigenvalue weighted by Gasteiger charge is 2.28. The number of piperidine rings is 1. The summed E-state index contributed by atoms with van der Waals surface area (Å²) in [4.78, 5) is 24.7. The maximum absolute atomic E-state index is 14.2. The predicted molar refractivity (Wildman–Crippen MR) is 85.1 cm³/mol. The summed E-state index contributed by atoms with van der Waals surface area (Å²) in [7, 11) is 0. The second-order valence-electron chi connectivity index (χ2n) is 5.73. The van der Waals surface area contributed by atoms with E-state index in [1.165, 1.54) is 23.3 Å². The van der Waals surface area contributed by atoms with Crippen LogP contribution in [0.5, 0.6) is 0 Å². The normalized spacial score (nSPS) is 17.5. The van der Waals surface area contributed by atoms with Gasteiger partial charge in [0, 0.05) is 18.7 Å². The van der Waals surface area contributed by atoms with Gasteiger partial charge in [0.05, 0.1) is 17.9 Å². The molecule has 0 bridgehead atoms. The molecule has 1 fully saturated rings. The van der Waals surface area contributed by atoms with E-state index in [-0.39, 0.29) is 12.2 Å². The van der Waals surface area contributed by atoms with Crippen molar-refractivity contribution in [2.75, 3.05) is 18.4 Å². The van der Waals surface area contributed by atoms with E-state index in [2.05, 4.69) is 5.32 Å². The monoisotopic (exact) mass is 332 g/mol. The van der Waals surface area contributed by atoms with Crippen molar-refractivity contribution in [1.29, 1.82) is 0 Å². The minimum Gasteiger partial charge on any atom is -0.481 e. The zero-order valence-corrected chi connectivity index (χ0v) is 12.9. The SMILES string of the molecule is O=C(O)C1CCCN(C(=O)Nc2ccc(-c3ccco3)cc2F)C1. The van der Waals surface area contributed by atoms with Gasteiger partial charge in [-0.3, -0.25) is 4.79 Å². The van der Waals surface area contributed by atoms with Crippen molar-refractivity contribution in [1.82, 2.24) is 4.90 Å². The molecule has 2 heterocycles. The Morgan fingerprint density at radius 3 is 2.83 bits per heavy atom. The van der Waals surface area contributed by atoms with E-state index in [9.17, 15) is 14.0 Å². The Kier molecular flexibility index (Phi) is 4.50. The number of nitrogens with one attached hydrogen (secondary N) is 1. The van der Waals surface area contributed by atoms with Gasteiger partial charge in [-0.05, 0) is 43.2 Å². The van der Waals surface area contributed by atoms with Gasteiger partial charge in [-0.15, -0.1) is 0 Å². The molecule has 2 aromatic rings. The number of carbonyl (C=O) groups excluding carboxylic acids is 1. The lowest BCUT2D eigenvalue weighted by molar-refractivity contribution is -0.143. The van der Waals surface area contributed by atoms with Gasteiger partial charge >= 0.3 is 12.0 Å². The Morgan fingerprint density at radius 2 is 2.17 bits per heavy atom. The molecule has 0 aliphatic carbocycles. The van der Waals surface area contributed by atoms with Gasteiger partial charge in [0.15, 0.2) is 0 Å². The number of anilines is 1. The molecule has 6 nitrogen and oxygen atoms in total. The highest BCUT2D eigenvalue weighted by atomic mass is 19.1. The maximum Gasteiger partial charge on any atom is 0.321 e. The molecule has 1 aliphatic heterocycles. The highest BCUT2D eigenvalue weighted by Crippen LogP contribution is 2.25. The molecule has 7 heteroatoms. The van der Waals surface area contributed by atoms with Crippen molar-refractivity contribution in [2.24, 2.45) is 5.92 Å². The lowest BCUT2D eigenvalue weighted by Gasteiger charge is -2.30. The molecule has 1 unspecified atom stereocenters. The van der Waals surface area contributed by atoms with E-state index in [1.54, 1.807) is 18.2 Å². The Balaban J connectivity index is 1.69. The number of carboxylic acid groups (broad SMARTS) is 1. The number of halogens is 1. The van der Waals surface area contributed by atoms with E-state index in [0.717, 1.165) is 0 Å². The number of nitrogens with zero attached hydrogens (tertiary/aromatic N) is 1. The van der Waals surface area contributed by atoms with Crippen molar-refractivity contribution in [3.8, 4) is 11.3 Å². The van der Waals surface area contributed by atoms with Crippen LogP contribution in [0.25, 0.3) is 11.3 Å². The van der Waals surface area contributed by atoms with E-state index < -0.39 is 23.7 Å². The summed E-state index contributed by atoms with van der Waals surface area (Å²) < 4.78 is 19.4. The fraction of sp³-hybridized carbons (Fsp3) is 0.294. The van der Waals surface area contributed by atoms with Crippen LogP contribution in [-0.4, -0.2) is 35.1 Å². The molecule has 0 spiro atoms. The number of likely N-dealkylation sites (tertiary alicyclic amines) is 1. The number of hydrogen-bond donors (Lipinski definition) is 2. The predicted octanol–water partition coefficient (Wildman–Crippen LogP) is 3.41. The standard InChI is InChI=1S/C17H17FN2O4/c18-13-9-11(15-4-2-8-24-15)5-6-14(13)19-17(23)20-7-1-3-12(10-20)16(21)22/h2,4-6,8-9,12H,1,3,7,10H2,(H,19,23)(H,21,22). The van der Waals surface area contributed by atoms with E-state index in [4.69, 9.17) is 9.52 Å². The van der Waals surface area contributed by atoms with Crippen LogP contribution in [0.1, 0.15) is 12.8 Å². The van der Waals surface area contributed by atoms with Gasteiger partial charge in [0.2, 0.25) is 0 Å². The fourth-order valence-corrected chi connectivity index (χ4v) is 2.77. The molecular weight excluding hydrogens is 315 g/mol. The van der Waals surface area contributed by atoms with Crippen molar-refractivity contribution >= 4 is 17.7 Å². The van der Waals surface area contributed by atoms with Crippen LogP contribution in [0.15, 0.2) is 41.0 Å². The molecule has 0 saturated carbocycles. The van der Waals surface area contributed by atoms with Crippen LogP contribution in [0, 0.1) is 11.7 Å². The summed E-state index contributed by atoms with van der Waals surface area (Å²) in [6.07, 6.45) is 2.66. The van der Waals surface area contributed by atoms with Crippen molar-refractivity contribution < 1.29 is 23.5 Å². The number of carboxylic acids is 1. The van der Waals surface area contributed by atoms with Gasteiger partial charge in [0.1, 0.15) is 11.6 Å². The smallest absolute Gasteiger partial charge is 0.321 e. The molecule has 126 valence electrons. The van der Waals surface area contributed by atoms with Crippen LogP contribution in [-0.2, 0) is 4.79 Å². The first-order valence-corrected chi connectivity index (χ1v) is 7.67. The molecule has 1 aromatic carbocycles. The third-order valence-electron chi connectivity index (χ3n) is 4.07. The number of hydrogen-bond acceptors (Lipinski definition) is 3. The molecule has 1 aromatic heterocycles. The third kappa shape index (κ3) is 3.40. The molecule has 0 radical (unpaired) electrons. The minimum absolute atomic E-state index is 0.0488. The maximum atomic E-state index is 14.2. The quantitative estimate of drug-likeness (QED) is 0.902. The van der Waals surface area contributed by atoms with Crippen LogP contribution < -0.4 is 5.32 Å². The van der Waals surface area contributed by atoms with Crippen molar-refractivity contribution in [3.05, 3.63) is 42.4 Å². The second-order valence-corrected chi connectivity index (χ2v) is 5.73. The number of furan rings is 1. The summed E-state index contributed by atoms with van der Waals surface area (Å²) in [5.74, 6) is -1.53. The van der Waals surface area contributed by atoms with Crippen LogP contribution in [0.3, 0.4) is 0 Å². The first-order chi connectivity index (χ1) is 11.5. The Morgan fingerprint density at radius 1 is 1.33 bits per heavy atom. The molecular formula is C17H17FN2O4. The summed E-state index contributed by atoms with van der Waals surface area (Å²) in [6.45, 7) is 0.592. The fourth-order valence-electron chi connectivity index (χ4n) is 2.77. The van der Waals surface area contributed by atoms with E-state index in [0.29, 0.717) is 30.7 Å².